The summed E-state index contributed by atoms with van der Waals surface area (Å²) in [6, 6.07) is 0. The third-order valence-corrected chi connectivity index (χ3v) is 3.13. The molecule has 2 aliphatic rings. The van der Waals surface area contributed by atoms with Gasteiger partial charge in [0.15, 0.2) is 0 Å². The minimum absolute atomic E-state index is 0.00152. The molecule has 2 nitrogen and oxygen atoms in total. The maximum Gasteiger partial charge on any atom is 0.251 e. The molecule has 0 aromatic carbocycles. The van der Waals surface area contributed by atoms with Crippen molar-refractivity contribution < 1.29 is 8.78 Å². The predicted octanol–water partition coefficient (Wildman–Crippen LogP) is 1.08. The first-order valence-electron chi connectivity index (χ1n) is 4.83. The van der Waals surface area contributed by atoms with Gasteiger partial charge in [-0.05, 0) is 20.0 Å². The number of hydrogen-bond acceptors (Lipinski definition) is 2. The van der Waals surface area contributed by atoms with Crippen LogP contribution in [-0.2, 0) is 0 Å². The average Bonchev–Trinajstić information content (AvgIpc) is 2.29. The normalized spacial score (nSPS) is 39.9. The van der Waals surface area contributed by atoms with E-state index in [0.29, 0.717) is 6.54 Å². The summed E-state index contributed by atoms with van der Waals surface area (Å²) in [7, 11) is 1.99. The fourth-order valence-electron chi connectivity index (χ4n) is 2.52. The quantitative estimate of drug-likeness (QED) is 0.615. The minimum atomic E-state index is -2.45. The van der Waals surface area contributed by atoms with Crippen molar-refractivity contribution in [3.8, 4) is 0 Å². The van der Waals surface area contributed by atoms with Gasteiger partial charge in [0.25, 0.3) is 5.92 Å². The smallest absolute Gasteiger partial charge is 0.251 e. The standard InChI is InChI=1S/C9H16F2N2/c1-13-5-3-8(7-13)6-9(10,11)2-4-12-8/h12H,2-7H2,1H3. The first-order valence-corrected chi connectivity index (χ1v) is 4.83. The van der Waals surface area contributed by atoms with Gasteiger partial charge in [-0.3, -0.25) is 0 Å². The highest BCUT2D eigenvalue weighted by Crippen LogP contribution is 2.37. The molecular weight excluding hydrogens is 174 g/mol. The summed E-state index contributed by atoms with van der Waals surface area (Å²) >= 11 is 0. The van der Waals surface area contributed by atoms with Crippen LogP contribution in [0.15, 0.2) is 0 Å². The topological polar surface area (TPSA) is 15.3 Å². The largest absolute Gasteiger partial charge is 0.310 e. The molecular formula is C9H16F2N2. The second-order valence-electron chi connectivity index (χ2n) is 4.48. The molecule has 0 aliphatic carbocycles. The maximum absolute atomic E-state index is 13.2. The van der Waals surface area contributed by atoms with Gasteiger partial charge in [0.2, 0.25) is 0 Å². The molecule has 4 heteroatoms. The molecule has 2 fully saturated rings. The highest BCUT2D eigenvalue weighted by molar-refractivity contribution is 5.02. The van der Waals surface area contributed by atoms with Crippen molar-refractivity contribution in [1.82, 2.24) is 10.2 Å². The van der Waals surface area contributed by atoms with E-state index < -0.39 is 5.92 Å². The molecule has 1 spiro atoms. The summed E-state index contributed by atoms with van der Waals surface area (Å²) in [5.74, 6) is -2.45. The van der Waals surface area contributed by atoms with Gasteiger partial charge in [0, 0.05) is 31.5 Å². The Balaban J connectivity index is 2.07. The maximum atomic E-state index is 13.2. The minimum Gasteiger partial charge on any atom is -0.310 e. The Hall–Kier alpha value is -0.220. The molecule has 1 unspecified atom stereocenters. The van der Waals surface area contributed by atoms with Crippen molar-refractivity contribution in [1.29, 1.82) is 0 Å². The molecule has 1 atom stereocenters. The Labute approximate surface area is 77.3 Å². The SMILES string of the molecule is CN1CCC2(C1)CC(F)(F)CCN2. The summed E-state index contributed by atoms with van der Waals surface area (Å²) in [6.45, 7) is 2.16. The van der Waals surface area contributed by atoms with E-state index in [0.717, 1.165) is 19.5 Å². The Kier molecular flexibility index (Phi) is 2.07. The van der Waals surface area contributed by atoms with Gasteiger partial charge >= 0.3 is 0 Å². The van der Waals surface area contributed by atoms with E-state index in [1.54, 1.807) is 0 Å². The monoisotopic (exact) mass is 190 g/mol. The summed E-state index contributed by atoms with van der Waals surface area (Å²) in [5.41, 5.74) is -0.295. The number of piperidine rings is 1. The molecule has 13 heavy (non-hydrogen) atoms. The molecule has 0 amide bonds. The van der Waals surface area contributed by atoms with Crippen LogP contribution in [-0.4, -0.2) is 43.0 Å². The third-order valence-electron chi connectivity index (χ3n) is 3.13. The second-order valence-corrected chi connectivity index (χ2v) is 4.48. The van der Waals surface area contributed by atoms with E-state index >= 15 is 0 Å². The lowest BCUT2D eigenvalue weighted by molar-refractivity contribution is -0.0607. The Morgan fingerprint density at radius 2 is 2.08 bits per heavy atom. The summed E-state index contributed by atoms with van der Waals surface area (Å²) in [6.07, 6.45) is 0.877. The molecule has 0 bridgehead atoms. The number of likely N-dealkylation sites (tertiary alicyclic amines) is 1. The van der Waals surface area contributed by atoms with E-state index in [2.05, 4.69) is 10.2 Å². The lowest BCUT2D eigenvalue weighted by Crippen LogP contribution is -2.55. The van der Waals surface area contributed by atoms with Gasteiger partial charge in [-0.15, -0.1) is 0 Å². The fraction of sp³-hybridized carbons (Fsp3) is 1.00. The van der Waals surface area contributed by atoms with Crippen LogP contribution in [0.4, 0.5) is 8.78 Å². The summed E-state index contributed by atoms with van der Waals surface area (Å²) < 4.78 is 26.3. The Bertz CT molecular complexity index is 204. The molecule has 0 radical (unpaired) electrons. The van der Waals surface area contributed by atoms with Crippen LogP contribution in [0.3, 0.4) is 0 Å². The van der Waals surface area contributed by atoms with E-state index in [9.17, 15) is 8.78 Å². The van der Waals surface area contributed by atoms with Crippen LogP contribution < -0.4 is 5.32 Å². The van der Waals surface area contributed by atoms with Gasteiger partial charge < -0.3 is 10.2 Å². The van der Waals surface area contributed by atoms with Gasteiger partial charge in [-0.2, -0.15) is 0 Å². The lowest BCUT2D eigenvalue weighted by atomic mass is 9.86. The van der Waals surface area contributed by atoms with Crippen LogP contribution in [0.5, 0.6) is 0 Å². The van der Waals surface area contributed by atoms with Crippen molar-refractivity contribution in [2.45, 2.75) is 30.7 Å². The summed E-state index contributed by atoms with van der Waals surface area (Å²) in [5, 5.41) is 3.26. The van der Waals surface area contributed by atoms with Crippen molar-refractivity contribution >= 4 is 0 Å². The average molecular weight is 190 g/mol. The van der Waals surface area contributed by atoms with Crippen LogP contribution >= 0.6 is 0 Å². The number of rotatable bonds is 0. The van der Waals surface area contributed by atoms with Crippen LogP contribution in [0.25, 0.3) is 0 Å². The highest BCUT2D eigenvalue weighted by Gasteiger charge is 2.48. The van der Waals surface area contributed by atoms with E-state index in [1.807, 2.05) is 7.05 Å². The van der Waals surface area contributed by atoms with Crippen LogP contribution in [0.1, 0.15) is 19.3 Å². The highest BCUT2D eigenvalue weighted by atomic mass is 19.3. The van der Waals surface area contributed by atoms with Gasteiger partial charge in [-0.25, -0.2) is 8.78 Å². The summed E-state index contributed by atoms with van der Waals surface area (Å²) in [4.78, 5) is 2.12. The molecule has 2 rings (SSSR count). The fourth-order valence-corrected chi connectivity index (χ4v) is 2.52. The first-order chi connectivity index (χ1) is 6.02. The molecule has 2 heterocycles. The van der Waals surface area contributed by atoms with Gasteiger partial charge in [-0.1, -0.05) is 0 Å². The zero-order valence-electron chi connectivity index (χ0n) is 7.95. The first kappa shape index (κ1) is 9.34. The predicted molar refractivity (Wildman–Crippen MR) is 47.0 cm³/mol. The molecule has 1 N–H and O–H groups in total. The Morgan fingerprint density at radius 1 is 1.31 bits per heavy atom. The zero-order valence-corrected chi connectivity index (χ0v) is 7.95. The molecule has 76 valence electrons. The zero-order chi connectivity index (χ0) is 9.53. The lowest BCUT2D eigenvalue weighted by Gasteiger charge is -2.38. The van der Waals surface area contributed by atoms with Gasteiger partial charge in [0.1, 0.15) is 0 Å². The van der Waals surface area contributed by atoms with Crippen molar-refractivity contribution in [3.05, 3.63) is 0 Å². The second kappa shape index (κ2) is 2.89. The van der Waals surface area contributed by atoms with Crippen molar-refractivity contribution in [3.63, 3.8) is 0 Å². The number of nitrogens with one attached hydrogen (secondary N) is 1. The van der Waals surface area contributed by atoms with E-state index in [1.165, 1.54) is 0 Å². The van der Waals surface area contributed by atoms with E-state index in [-0.39, 0.29) is 18.4 Å². The number of hydrogen-bond donors (Lipinski definition) is 1. The molecule has 0 aromatic rings. The number of likely N-dealkylation sites (N-methyl/N-ethyl adjacent to an activating group) is 1. The van der Waals surface area contributed by atoms with Crippen LogP contribution in [0, 0.1) is 0 Å². The third kappa shape index (κ3) is 1.83. The number of halogens is 2. The number of nitrogens with zero attached hydrogens (tertiary/aromatic N) is 1. The Morgan fingerprint density at radius 3 is 2.62 bits per heavy atom. The molecule has 0 saturated carbocycles. The van der Waals surface area contributed by atoms with Gasteiger partial charge in [0.05, 0.1) is 0 Å². The molecule has 0 aromatic heterocycles. The molecule has 2 saturated heterocycles. The number of alkyl halides is 2. The molecule has 2 aliphatic heterocycles. The van der Waals surface area contributed by atoms with Crippen molar-refractivity contribution in [2.75, 3.05) is 26.7 Å². The van der Waals surface area contributed by atoms with Crippen molar-refractivity contribution in [2.24, 2.45) is 0 Å². The van der Waals surface area contributed by atoms with E-state index in [4.69, 9.17) is 0 Å². The van der Waals surface area contributed by atoms with Crippen LogP contribution in [0.2, 0.25) is 0 Å².